The van der Waals surface area contributed by atoms with Gasteiger partial charge >= 0.3 is 149 Å². The van der Waals surface area contributed by atoms with Crippen molar-refractivity contribution in [2.45, 2.75) is 27.2 Å². The van der Waals surface area contributed by atoms with E-state index in [0.29, 0.717) is 0 Å². The van der Waals surface area contributed by atoms with Crippen LogP contribution in [0.5, 0.6) is 5.75 Å². The minimum absolute atomic E-state index is 0. The standard InChI is InChI=1S/C12H10O.C9H13.2ClH.Ti/c13-12-8-4-7-11(9-12)10-5-2-1-3-6-10;1-9(2,3)8-6-4-5-7-8;;;/h1-9,13H;4,6H,5H2,1-3H3;2*1H;/q;;;;+1/p-1. The zero-order valence-electron chi connectivity index (χ0n) is 14.8. The largest absolute Gasteiger partial charge is 0.147 e. The van der Waals surface area contributed by atoms with Crippen molar-refractivity contribution in [3.63, 3.8) is 0 Å². The Bertz CT molecular complexity index is 746. The Hall–Kier alpha value is -0.986. The van der Waals surface area contributed by atoms with Crippen molar-refractivity contribution in [2.24, 2.45) is 5.41 Å². The quantitative estimate of drug-likeness (QED) is 0.501. The monoisotopic (exact) mass is 410 g/mol. The summed E-state index contributed by atoms with van der Waals surface area (Å²) in [5.74, 6) is 0.985. The predicted molar refractivity (Wildman–Crippen MR) is 107 cm³/mol. The number of allylic oxidation sites excluding steroid dienone is 4. The third-order valence-electron chi connectivity index (χ3n) is 3.97. The fourth-order valence-electron chi connectivity index (χ4n) is 2.79. The van der Waals surface area contributed by atoms with Crippen molar-refractivity contribution in [3.8, 4) is 16.9 Å². The van der Waals surface area contributed by atoms with Crippen LogP contribution in [0.2, 0.25) is 0 Å². The van der Waals surface area contributed by atoms with Crippen LogP contribution < -0.4 is 3.32 Å². The van der Waals surface area contributed by atoms with E-state index < -0.39 is 19.5 Å². The smallest absolute Gasteiger partial charge is 0.147 e. The minimum Gasteiger partial charge on any atom is -0.147 e. The second-order valence-electron chi connectivity index (χ2n) is 6.85. The van der Waals surface area contributed by atoms with Crippen LogP contribution in [-0.4, -0.2) is 0 Å². The second-order valence-corrected chi connectivity index (χ2v) is 8.43. The van der Waals surface area contributed by atoms with E-state index in [9.17, 15) is 0 Å². The predicted octanol–water partition coefficient (Wildman–Crippen LogP) is 6.83. The van der Waals surface area contributed by atoms with Crippen LogP contribution in [-0.2, 0) is 19.5 Å². The van der Waals surface area contributed by atoms with Gasteiger partial charge in [0.1, 0.15) is 0 Å². The molecule has 0 aliphatic heterocycles. The van der Waals surface area contributed by atoms with Crippen LogP contribution in [0.4, 0.5) is 0 Å². The van der Waals surface area contributed by atoms with Crippen LogP contribution >= 0.6 is 24.8 Å². The molecule has 0 spiro atoms. The molecule has 2 aromatic carbocycles. The van der Waals surface area contributed by atoms with Crippen molar-refractivity contribution in [1.29, 1.82) is 0 Å². The summed E-state index contributed by atoms with van der Waals surface area (Å²) in [5.41, 5.74) is 4.12. The first kappa shape index (κ1) is 22.1. The number of hydrogen-bond donors (Lipinski definition) is 0. The maximum Gasteiger partial charge on any atom is -0.147 e. The zero-order chi connectivity index (χ0) is 16.3. The fraction of sp³-hybridized carbons (Fsp3) is 0.238. The first-order valence-corrected chi connectivity index (χ1v) is 9.44. The maximum atomic E-state index is 6.20. The number of halogens is 2. The summed E-state index contributed by atoms with van der Waals surface area (Å²) < 4.78 is 7.72. The van der Waals surface area contributed by atoms with Crippen LogP contribution in [0.1, 0.15) is 27.2 Å². The zero-order valence-corrected chi connectivity index (χ0v) is 18.0. The van der Waals surface area contributed by atoms with E-state index in [0.717, 1.165) is 12.2 Å². The van der Waals surface area contributed by atoms with Gasteiger partial charge in [0.05, 0.1) is 0 Å². The van der Waals surface area contributed by atoms with Crippen LogP contribution in [0, 0.1) is 5.41 Å². The molecule has 1 aliphatic carbocycles. The Morgan fingerprint density at radius 1 is 0.880 bits per heavy atom. The van der Waals surface area contributed by atoms with Gasteiger partial charge in [-0.15, -0.1) is 24.8 Å². The molecule has 0 bridgehead atoms. The van der Waals surface area contributed by atoms with E-state index in [2.05, 4.69) is 81.5 Å². The van der Waals surface area contributed by atoms with Crippen molar-refractivity contribution in [3.05, 3.63) is 76.2 Å². The third-order valence-corrected chi connectivity index (χ3v) is 5.62. The molecule has 0 atom stereocenters. The third kappa shape index (κ3) is 5.76. The Kier molecular flexibility index (Phi) is 8.50. The van der Waals surface area contributed by atoms with Gasteiger partial charge < -0.3 is 0 Å². The van der Waals surface area contributed by atoms with Gasteiger partial charge in [0, 0.05) is 0 Å². The molecule has 3 rings (SSSR count). The van der Waals surface area contributed by atoms with Gasteiger partial charge in [0.2, 0.25) is 0 Å². The van der Waals surface area contributed by atoms with E-state index in [1.165, 1.54) is 20.6 Å². The number of hydrogen-bond acceptors (Lipinski definition) is 1. The van der Waals surface area contributed by atoms with Crippen molar-refractivity contribution in [2.75, 3.05) is 0 Å². The Labute approximate surface area is 172 Å². The second kappa shape index (κ2) is 9.64. The molecule has 25 heavy (non-hydrogen) atoms. The van der Waals surface area contributed by atoms with Gasteiger partial charge in [-0.05, 0) is 0 Å². The molecule has 0 aromatic heterocycles. The van der Waals surface area contributed by atoms with Gasteiger partial charge in [-0.2, -0.15) is 0 Å². The molecule has 132 valence electrons. The minimum atomic E-state index is -0.578. The molecule has 0 heterocycles. The van der Waals surface area contributed by atoms with E-state index in [4.69, 9.17) is 3.32 Å². The summed E-state index contributed by atoms with van der Waals surface area (Å²) in [7, 11) is 0. The van der Waals surface area contributed by atoms with E-state index in [1.54, 1.807) is 0 Å². The summed E-state index contributed by atoms with van der Waals surface area (Å²) >= 11 is -0.578. The molecule has 0 N–H and O–H groups in total. The average molecular weight is 411 g/mol. The molecule has 1 nitrogen and oxygen atoms in total. The first-order valence-electron chi connectivity index (χ1n) is 8.02. The average Bonchev–Trinajstić information content (AvgIpc) is 3.03. The molecule has 2 aromatic rings. The van der Waals surface area contributed by atoms with E-state index in [1.807, 2.05) is 6.07 Å². The number of benzene rings is 2. The molecular formula is C21H24Cl2OTi. The summed E-state index contributed by atoms with van der Waals surface area (Å²) in [5, 5.41) is 0. The summed E-state index contributed by atoms with van der Waals surface area (Å²) in [6.45, 7) is 6.83. The topological polar surface area (TPSA) is 9.23 Å². The normalized spacial score (nSPS) is 13.1. The van der Waals surface area contributed by atoms with Crippen molar-refractivity contribution < 1.29 is 22.9 Å². The molecule has 0 unspecified atom stereocenters. The fourth-order valence-corrected chi connectivity index (χ4v) is 4.57. The summed E-state index contributed by atoms with van der Waals surface area (Å²) in [4.78, 5) is 0. The van der Waals surface area contributed by atoms with Gasteiger partial charge in [0.25, 0.3) is 0 Å². The molecule has 0 radical (unpaired) electrons. The van der Waals surface area contributed by atoms with Crippen LogP contribution in [0.25, 0.3) is 11.1 Å². The van der Waals surface area contributed by atoms with Gasteiger partial charge in [-0.3, -0.25) is 0 Å². The van der Waals surface area contributed by atoms with Crippen molar-refractivity contribution in [1.82, 2.24) is 0 Å². The van der Waals surface area contributed by atoms with E-state index in [-0.39, 0.29) is 30.2 Å². The molecule has 0 saturated carbocycles. The molecular weight excluding hydrogens is 387 g/mol. The molecule has 0 amide bonds. The Morgan fingerprint density at radius 3 is 2.24 bits per heavy atom. The first-order chi connectivity index (χ1) is 11.0. The Balaban J connectivity index is 0.00000156. The maximum absolute atomic E-state index is 6.20. The Morgan fingerprint density at radius 2 is 1.56 bits per heavy atom. The van der Waals surface area contributed by atoms with E-state index >= 15 is 0 Å². The molecule has 1 aliphatic rings. The molecule has 0 fully saturated rings. The summed E-state index contributed by atoms with van der Waals surface area (Å²) in [6, 6.07) is 18.9. The molecule has 0 saturated heterocycles. The summed E-state index contributed by atoms with van der Waals surface area (Å²) in [6.07, 6.45) is 5.61. The van der Waals surface area contributed by atoms with Gasteiger partial charge in [-0.25, -0.2) is 0 Å². The molecule has 4 heteroatoms. The SMILES string of the molecule is CC(C)(C)C1=[C]([Ti][O]c2cccc(-c3ccccc3)c2)CC=C1.Cl.Cl. The van der Waals surface area contributed by atoms with Gasteiger partial charge in [0.15, 0.2) is 0 Å². The van der Waals surface area contributed by atoms with Crippen LogP contribution in [0.15, 0.2) is 76.2 Å². The number of rotatable bonds is 4. The van der Waals surface area contributed by atoms with Crippen molar-refractivity contribution >= 4 is 24.8 Å². The van der Waals surface area contributed by atoms with Gasteiger partial charge in [-0.1, -0.05) is 0 Å². The van der Waals surface area contributed by atoms with Crippen LogP contribution in [0.3, 0.4) is 0 Å².